The molecular weight excluding hydrogens is 348 g/mol. The fraction of sp³-hybridized carbons (Fsp3) is 0.304. The monoisotopic (exact) mass is 372 g/mol. The minimum absolute atomic E-state index is 0.141. The number of aromatic nitrogens is 1. The van der Waals surface area contributed by atoms with Crippen molar-refractivity contribution in [2.75, 3.05) is 17.2 Å². The fourth-order valence-electron chi connectivity index (χ4n) is 3.90. The van der Waals surface area contributed by atoms with E-state index in [1.54, 1.807) is 0 Å². The standard InChI is InChI=1S/C23H24N4O/c28-23(24-14-15-5-6-15)25-18-9-11-20-17(13-18)8-12-22(26-20)27-21-10-7-16-3-1-2-4-19(16)21/h1-4,8-9,11-13,15,21H,5-7,10,14H2,(H,26,27)(H2,24,25,28). The van der Waals surface area contributed by atoms with Crippen molar-refractivity contribution in [3.8, 4) is 0 Å². The molecule has 1 atom stereocenters. The lowest BCUT2D eigenvalue weighted by atomic mass is 10.1. The number of nitrogens with one attached hydrogen (secondary N) is 3. The Bertz CT molecular complexity index is 1030. The van der Waals surface area contributed by atoms with E-state index in [0.29, 0.717) is 12.0 Å². The number of anilines is 2. The lowest BCUT2D eigenvalue weighted by Crippen LogP contribution is -2.30. The topological polar surface area (TPSA) is 66.0 Å². The molecule has 2 aliphatic carbocycles. The maximum Gasteiger partial charge on any atom is 0.319 e. The normalized spacial score (nSPS) is 17.9. The molecular formula is C23H24N4O. The zero-order valence-electron chi connectivity index (χ0n) is 15.7. The van der Waals surface area contributed by atoms with Gasteiger partial charge in [-0.3, -0.25) is 0 Å². The molecule has 1 saturated carbocycles. The highest BCUT2D eigenvalue weighted by Gasteiger charge is 2.22. The van der Waals surface area contributed by atoms with Crippen LogP contribution in [0, 0.1) is 5.92 Å². The van der Waals surface area contributed by atoms with Crippen molar-refractivity contribution in [3.05, 3.63) is 65.7 Å². The second kappa shape index (κ2) is 7.15. The average Bonchev–Trinajstić information content (AvgIpc) is 3.47. The third-order valence-electron chi connectivity index (χ3n) is 5.65. The van der Waals surface area contributed by atoms with Crippen molar-refractivity contribution in [2.45, 2.75) is 31.7 Å². The van der Waals surface area contributed by atoms with Gasteiger partial charge in [-0.1, -0.05) is 24.3 Å². The summed E-state index contributed by atoms with van der Waals surface area (Å²) < 4.78 is 0. The molecule has 28 heavy (non-hydrogen) atoms. The van der Waals surface area contributed by atoms with E-state index < -0.39 is 0 Å². The quantitative estimate of drug-likeness (QED) is 0.599. The van der Waals surface area contributed by atoms with Gasteiger partial charge in [0.25, 0.3) is 0 Å². The Morgan fingerprint density at radius 2 is 1.93 bits per heavy atom. The largest absolute Gasteiger partial charge is 0.363 e. The molecule has 142 valence electrons. The molecule has 1 fully saturated rings. The number of fused-ring (bicyclic) bond motifs is 2. The summed E-state index contributed by atoms with van der Waals surface area (Å²) >= 11 is 0. The highest BCUT2D eigenvalue weighted by atomic mass is 16.2. The van der Waals surface area contributed by atoms with Crippen molar-refractivity contribution >= 4 is 28.4 Å². The number of aryl methyl sites for hydroxylation is 1. The third kappa shape index (κ3) is 3.65. The predicted octanol–water partition coefficient (Wildman–Crippen LogP) is 4.87. The van der Waals surface area contributed by atoms with Crippen LogP contribution in [0.25, 0.3) is 10.9 Å². The zero-order chi connectivity index (χ0) is 18.9. The molecule has 0 aliphatic heterocycles. The van der Waals surface area contributed by atoms with Crippen LogP contribution < -0.4 is 16.0 Å². The van der Waals surface area contributed by atoms with Crippen LogP contribution in [0.1, 0.15) is 36.4 Å². The molecule has 0 radical (unpaired) electrons. The van der Waals surface area contributed by atoms with Gasteiger partial charge in [-0.25, -0.2) is 9.78 Å². The van der Waals surface area contributed by atoms with Crippen LogP contribution in [0.2, 0.25) is 0 Å². The van der Waals surface area contributed by atoms with Crippen molar-refractivity contribution in [1.29, 1.82) is 0 Å². The van der Waals surface area contributed by atoms with Crippen LogP contribution in [0.15, 0.2) is 54.6 Å². The van der Waals surface area contributed by atoms with Gasteiger partial charge >= 0.3 is 6.03 Å². The van der Waals surface area contributed by atoms with E-state index in [0.717, 1.165) is 41.8 Å². The molecule has 5 heteroatoms. The summed E-state index contributed by atoms with van der Waals surface area (Å²) in [6, 6.07) is 18.7. The Labute approximate surface area is 164 Å². The first-order valence-corrected chi connectivity index (χ1v) is 10.0. The molecule has 1 aromatic heterocycles. The van der Waals surface area contributed by atoms with Crippen molar-refractivity contribution < 1.29 is 4.79 Å². The van der Waals surface area contributed by atoms with Gasteiger partial charge in [0, 0.05) is 17.6 Å². The first-order chi connectivity index (χ1) is 13.7. The van der Waals surface area contributed by atoms with Gasteiger partial charge in [-0.05, 0) is 73.1 Å². The number of hydrogen-bond donors (Lipinski definition) is 3. The number of pyridine rings is 1. The van der Waals surface area contributed by atoms with Crippen molar-refractivity contribution in [3.63, 3.8) is 0 Å². The number of hydrogen-bond acceptors (Lipinski definition) is 3. The Hall–Kier alpha value is -3.08. The molecule has 3 N–H and O–H groups in total. The Kier molecular flexibility index (Phi) is 4.35. The van der Waals surface area contributed by atoms with Crippen LogP contribution in [0.3, 0.4) is 0 Å². The summed E-state index contributed by atoms with van der Waals surface area (Å²) in [5, 5.41) is 10.4. The summed E-state index contributed by atoms with van der Waals surface area (Å²) in [5.41, 5.74) is 4.51. The van der Waals surface area contributed by atoms with Crippen molar-refractivity contribution in [2.24, 2.45) is 5.92 Å². The van der Waals surface area contributed by atoms with Crippen LogP contribution in [-0.2, 0) is 6.42 Å². The maximum absolute atomic E-state index is 12.0. The minimum Gasteiger partial charge on any atom is -0.363 e. The number of rotatable bonds is 5. The summed E-state index contributed by atoms with van der Waals surface area (Å²) in [6.45, 7) is 0.764. The van der Waals surface area contributed by atoms with Gasteiger partial charge in [-0.15, -0.1) is 0 Å². The van der Waals surface area contributed by atoms with Gasteiger partial charge in [-0.2, -0.15) is 0 Å². The number of benzene rings is 2. The number of urea groups is 1. The first-order valence-electron chi connectivity index (χ1n) is 10.0. The summed E-state index contributed by atoms with van der Waals surface area (Å²) in [7, 11) is 0. The van der Waals surface area contributed by atoms with Crippen LogP contribution in [-0.4, -0.2) is 17.6 Å². The van der Waals surface area contributed by atoms with E-state index in [-0.39, 0.29) is 6.03 Å². The molecule has 2 amide bonds. The Balaban J connectivity index is 1.28. The smallest absolute Gasteiger partial charge is 0.319 e. The van der Waals surface area contributed by atoms with E-state index in [1.807, 2.05) is 24.3 Å². The van der Waals surface area contributed by atoms with Gasteiger partial charge in [0.1, 0.15) is 5.82 Å². The van der Waals surface area contributed by atoms with Gasteiger partial charge in [0.2, 0.25) is 0 Å². The number of carbonyl (C=O) groups excluding carboxylic acids is 1. The molecule has 2 aromatic carbocycles. The molecule has 1 unspecified atom stereocenters. The zero-order valence-corrected chi connectivity index (χ0v) is 15.7. The van der Waals surface area contributed by atoms with E-state index in [2.05, 4.69) is 46.3 Å². The van der Waals surface area contributed by atoms with Gasteiger partial charge in [0.15, 0.2) is 0 Å². The van der Waals surface area contributed by atoms with Crippen LogP contribution >= 0.6 is 0 Å². The third-order valence-corrected chi connectivity index (χ3v) is 5.65. The first kappa shape index (κ1) is 17.0. The molecule has 5 nitrogen and oxygen atoms in total. The van der Waals surface area contributed by atoms with Crippen molar-refractivity contribution in [1.82, 2.24) is 10.3 Å². The Morgan fingerprint density at radius 3 is 2.82 bits per heavy atom. The molecule has 5 rings (SSSR count). The van der Waals surface area contributed by atoms with E-state index in [1.165, 1.54) is 24.0 Å². The number of carbonyl (C=O) groups is 1. The molecule has 0 bridgehead atoms. The lowest BCUT2D eigenvalue weighted by Gasteiger charge is -2.15. The number of nitrogens with zero attached hydrogens (tertiary/aromatic N) is 1. The molecule has 3 aromatic rings. The highest BCUT2D eigenvalue weighted by Crippen LogP contribution is 2.33. The maximum atomic E-state index is 12.0. The summed E-state index contributed by atoms with van der Waals surface area (Å²) in [5.74, 6) is 1.56. The summed E-state index contributed by atoms with van der Waals surface area (Å²) in [6.07, 6.45) is 4.66. The van der Waals surface area contributed by atoms with Crippen LogP contribution in [0.4, 0.5) is 16.3 Å². The number of amides is 2. The van der Waals surface area contributed by atoms with Gasteiger partial charge < -0.3 is 16.0 Å². The summed E-state index contributed by atoms with van der Waals surface area (Å²) in [4.78, 5) is 16.7. The molecule has 0 spiro atoms. The lowest BCUT2D eigenvalue weighted by molar-refractivity contribution is 0.251. The van der Waals surface area contributed by atoms with E-state index >= 15 is 0 Å². The fourth-order valence-corrected chi connectivity index (χ4v) is 3.90. The van der Waals surface area contributed by atoms with E-state index in [4.69, 9.17) is 4.98 Å². The average molecular weight is 372 g/mol. The molecule has 2 aliphatic rings. The SMILES string of the molecule is O=C(NCC1CC1)Nc1ccc2nc(NC3CCc4ccccc43)ccc2c1. The second-order valence-electron chi connectivity index (χ2n) is 7.82. The molecule has 0 saturated heterocycles. The van der Waals surface area contributed by atoms with E-state index in [9.17, 15) is 4.79 Å². The minimum atomic E-state index is -0.141. The second-order valence-corrected chi connectivity index (χ2v) is 7.82. The molecule has 1 heterocycles. The Morgan fingerprint density at radius 1 is 1.04 bits per heavy atom. The van der Waals surface area contributed by atoms with Gasteiger partial charge in [0.05, 0.1) is 11.6 Å². The van der Waals surface area contributed by atoms with Crippen LogP contribution in [0.5, 0.6) is 0 Å². The predicted molar refractivity (Wildman–Crippen MR) is 113 cm³/mol. The highest BCUT2D eigenvalue weighted by molar-refractivity contribution is 5.92.